The number of aromatic nitrogens is 5. The quantitative estimate of drug-likeness (QED) is 0.449. The third kappa shape index (κ3) is 5.13. The SMILES string of the molecule is COc1cccc(OC)c1-n1c(NS(=O)(=O)[C@@H](C)[C@H](C)c2ncc(C)cn2)nnc1[C@H]1COCCO1. The molecule has 1 aromatic carbocycles. The van der Waals surface area contributed by atoms with Crippen molar-refractivity contribution in [3.05, 3.63) is 47.8 Å². The molecule has 2 aromatic heterocycles. The van der Waals surface area contributed by atoms with E-state index >= 15 is 0 Å². The zero-order valence-corrected chi connectivity index (χ0v) is 21.7. The number of aryl methyl sites for hydroxylation is 1. The van der Waals surface area contributed by atoms with E-state index in [-0.39, 0.29) is 12.6 Å². The highest BCUT2D eigenvalue weighted by Gasteiger charge is 2.34. The molecule has 1 saturated heterocycles. The van der Waals surface area contributed by atoms with Gasteiger partial charge in [0.1, 0.15) is 29.1 Å². The molecule has 194 valence electrons. The number of sulfonamides is 1. The van der Waals surface area contributed by atoms with Crippen molar-refractivity contribution in [2.24, 2.45) is 0 Å². The van der Waals surface area contributed by atoms with Crippen molar-refractivity contribution in [3.8, 4) is 17.2 Å². The molecule has 0 unspecified atom stereocenters. The summed E-state index contributed by atoms with van der Waals surface area (Å²) in [4.78, 5) is 8.59. The molecule has 0 saturated carbocycles. The Kier molecular flexibility index (Phi) is 7.71. The summed E-state index contributed by atoms with van der Waals surface area (Å²) in [6.45, 7) is 6.29. The zero-order chi connectivity index (χ0) is 25.9. The zero-order valence-electron chi connectivity index (χ0n) is 20.8. The summed E-state index contributed by atoms with van der Waals surface area (Å²) in [5, 5.41) is 7.56. The molecular weight excluding hydrogens is 488 g/mol. The van der Waals surface area contributed by atoms with Crippen molar-refractivity contribution >= 4 is 16.0 Å². The first-order valence-corrected chi connectivity index (χ1v) is 13.0. The molecule has 4 rings (SSSR count). The number of para-hydroxylation sites is 1. The van der Waals surface area contributed by atoms with Gasteiger partial charge in [-0.3, -0.25) is 9.29 Å². The van der Waals surface area contributed by atoms with Crippen molar-refractivity contribution in [3.63, 3.8) is 0 Å². The van der Waals surface area contributed by atoms with Gasteiger partial charge >= 0.3 is 0 Å². The van der Waals surface area contributed by atoms with Crippen LogP contribution >= 0.6 is 0 Å². The van der Waals surface area contributed by atoms with Gasteiger partial charge in [-0.15, -0.1) is 10.2 Å². The van der Waals surface area contributed by atoms with Crippen LogP contribution in [-0.2, 0) is 19.5 Å². The lowest BCUT2D eigenvalue weighted by molar-refractivity contribution is -0.0941. The third-order valence-electron chi connectivity index (χ3n) is 6.05. The molecule has 1 fully saturated rings. The molecule has 12 nitrogen and oxygen atoms in total. The van der Waals surface area contributed by atoms with Gasteiger partial charge in [0, 0.05) is 18.3 Å². The number of ether oxygens (including phenoxy) is 4. The van der Waals surface area contributed by atoms with E-state index in [2.05, 4.69) is 24.9 Å². The van der Waals surface area contributed by atoms with Gasteiger partial charge in [0.05, 0.1) is 39.3 Å². The highest BCUT2D eigenvalue weighted by Crippen LogP contribution is 2.37. The molecule has 0 bridgehead atoms. The summed E-state index contributed by atoms with van der Waals surface area (Å²) in [6.07, 6.45) is 2.75. The molecule has 0 amide bonds. The summed E-state index contributed by atoms with van der Waals surface area (Å²) >= 11 is 0. The maximum absolute atomic E-state index is 13.5. The van der Waals surface area contributed by atoms with Crippen LogP contribution in [0, 0.1) is 6.92 Å². The Balaban J connectivity index is 1.77. The first-order valence-electron chi connectivity index (χ1n) is 11.4. The molecular formula is C23H30N6O6S. The van der Waals surface area contributed by atoms with Gasteiger partial charge in [-0.05, 0) is 31.5 Å². The Morgan fingerprint density at radius 3 is 2.33 bits per heavy atom. The third-order valence-corrected chi connectivity index (χ3v) is 7.91. The van der Waals surface area contributed by atoms with Crippen LogP contribution in [0.5, 0.6) is 11.5 Å². The van der Waals surface area contributed by atoms with Crippen LogP contribution in [-0.4, -0.2) is 72.4 Å². The molecule has 3 heterocycles. The molecule has 13 heteroatoms. The lowest BCUT2D eigenvalue weighted by Crippen LogP contribution is -2.32. The van der Waals surface area contributed by atoms with Crippen molar-refractivity contribution in [2.45, 2.75) is 38.0 Å². The summed E-state index contributed by atoms with van der Waals surface area (Å²) in [5.74, 6) is 1.11. The molecule has 0 radical (unpaired) electrons. The Bertz CT molecular complexity index is 1270. The first-order chi connectivity index (χ1) is 17.3. The molecule has 0 aliphatic carbocycles. The van der Waals surface area contributed by atoms with Gasteiger partial charge in [0.25, 0.3) is 0 Å². The van der Waals surface area contributed by atoms with Crippen LogP contribution in [0.3, 0.4) is 0 Å². The molecule has 0 spiro atoms. The predicted molar refractivity (Wildman–Crippen MR) is 131 cm³/mol. The second-order valence-electron chi connectivity index (χ2n) is 8.42. The smallest absolute Gasteiger partial charge is 0.243 e. The number of methoxy groups -OCH3 is 2. The van der Waals surface area contributed by atoms with Gasteiger partial charge in [-0.1, -0.05) is 13.0 Å². The lowest BCUT2D eigenvalue weighted by atomic mass is 10.1. The average molecular weight is 519 g/mol. The Morgan fingerprint density at radius 1 is 1.08 bits per heavy atom. The van der Waals surface area contributed by atoms with E-state index in [9.17, 15) is 8.42 Å². The number of nitrogens with one attached hydrogen (secondary N) is 1. The molecule has 1 aliphatic rings. The van der Waals surface area contributed by atoms with E-state index in [1.165, 1.54) is 18.8 Å². The first kappa shape index (κ1) is 25.8. The van der Waals surface area contributed by atoms with Crippen LogP contribution in [0.2, 0.25) is 0 Å². The Hall–Kier alpha value is -3.29. The van der Waals surface area contributed by atoms with Gasteiger partial charge in [0.2, 0.25) is 16.0 Å². The van der Waals surface area contributed by atoms with E-state index in [1.54, 1.807) is 44.4 Å². The fraction of sp³-hybridized carbons (Fsp3) is 0.478. The van der Waals surface area contributed by atoms with Gasteiger partial charge < -0.3 is 18.9 Å². The molecule has 1 aliphatic heterocycles. The fourth-order valence-electron chi connectivity index (χ4n) is 3.82. The van der Waals surface area contributed by atoms with Crippen molar-refractivity contribution in [1.29, 1.82) is 0 Å². The topological polar surface area (TPSA) is 140 Å². The normalized spacial score (nSPS) is 17.9. The molecule has 1 N–H and O–H groups in total. The minimum absolute atomic E-state index is 0.0363. The summed E-state index contributed by atoms with van der Waals surface area (Å²) in [7, 11) is -0.942. The summed E-state index contributed by atoms with van der Waals surface area (Å²) in [5.41, 5.74) is 1.32. The number of hydrogen-bond donors (Lipinski definition) is 1. The standard InChI is InChI=1S/C23H30N6O6S/c1-14-11-24-21(25-12-14)15(2)16(3)36(30,31)28-23-27-26-22(19-13-34-9-10-35-19)29(23)20-17(32-4)7-6-8-18(20)33-5/h6-8,11-12,15-16,19H,9-10,13H2,1-5H3,(H,27,28)/t15-,16-,19+/m0/s1. The van der Waals surface area contributed by atoms with E-state index in [1.807, 2.05) is 6.92 Å². The van der Waals surface area contributed by atoms with Crippen molar-refractivity contribution in [2.75, 3.05) is 38.8 Å². The molecule has 3 aromatic rings. The van der Waals surface area contributed by atoms with Crippen LogP contribution in [0.15, 0.2) is 30.6 Å². The van der Waals surface area contributed by atoms with E-state index in [4.69, 9.17) is 18.9 Å². The second-order valence-corrected chi connectivity index (χ2v) is 10.5. The van der Waals surface area contributed by atoms with E-state index in [0.717, 1.165) is 5.56 Å². The van der Waals surface area contributed by atoms with Gasteiger partial charge in [-0.25, -0.2) is 18.4 Å². The Morgan fingerprint density at radius 2 is 1.75 bits per heavy atom. The molecule has 3 atom stereocenters. The summed E-state index contributed by atoms with van der Waals surface area (Å²) in [6, 6.07) is 5.23. The number of nitrogens with zero attached hydrogens (tertiary/aromatic N) is 5. The van der Waals surface area contributed by atoms with E-state index < -0.39 is 27.3 Å². The van der Waals surface area contributed by atoms with Crippen molar-refractivity contribution < 1.29 is 27.4 Å². The van der Waals surface area contributed by atoms with Gasteiger partial charge in [0.15, 0.2) is 5.82 Å². The Labute approximate surface area is 210 Å². The minimum Gasteiger partial charge on any atom is -0.494 e. The predicted octanol–water partition coefficient (Wildman–Crippen LogP) is 2.40. The van der Waals surface area contributed by atoms with Crippen molar-refractivity contribution in [1.82, 2.24) is 24.7 Å². The van der Waals surface area contributed by atoms with Crippen LogP contribution < -0.4 is 14.2 Å². The van der Waals surface area contributed by atoms with E-state index in [0.29, 0.717) is 42.0 Å². The monoisotopic (exact) mass is 518 g/mol. The van der Waals surface area contributed by atoms with Crippen LogP contribution in [0.1, 0.15) is 43.1 Å². The largest absolute Gasteiger partial charge is 0.494 e. The molecule has 36 heavy (non-hydrogen) atoms. The highest BCUT2D eigenvalue weighted by molar-refractivity contribution is 7.93. The average Bonchev–Trinajstić information content (AvgIpc) is 3.30. The minimum atomic E-state index is -3.96. The highest BCUT2D eigenvalue weighted by atomic mass is 32.2. The summed E-state index contributed by atoms with van der Waals surface area (Å²) < 4.78 is 53.7. The maximum atomic E-state index is 13.5. The fourth-order valence-corrected chi connectivity index (χ4v) is 5.05. The van der Waals surface area contributed by atoms with Crippen LogP contribution in [0.4, 0.5) is 5.95 Å². The number of hydrogen-bond acceptors (Lipinski definition) is 10. The van der Waals surface area contributed by atoms with Crippen LogP contribution in [0.25, 0.3) is 5.69 Å². The lowest BCUT2D eigenvalue weighted by Gasteiger charge is -2.25. The number of benzene rings is 1. The number of rotatable bonds is 9. The maximum Gasteiger partial charge on any atom is 0.243 e. The van der Waals surface area contributed by atoms with Gasteiger partial charge in [-0.2, -0.15) is 0 Å². The second kappa shape index (κ2) is 10.8. The number of anilines is 1.